The summed E-state index contributed by atoms with van der Waals surface area (Å²) in [5.74, 6) is -1.04. The molecule has 1 rings (SSSR count). The molecule has 0 amide bonds. The van der Waals surface area contributed by atoms with Crippen LogP contribution in [0.5, 0.6) is 0 Å². The van der Waals surface area contributed by atoms with Gasteiger partial charge in [0.1, 0.15) is 0 Å². The number of nitro benzene ring substituents is 1. The summed E-state index contributed by atoms with van der Waals surface area (Å²) in [5, 5.41) is 10.9. The highest BCUT2D eigenvalue weighted by atomic mass is 32.2. The summed E-state index contributed by atoms with van der Waals surface area (Å²) < 4.78 is 31.1. The van der Waals surface area contributed by atoms with Gasteiger partial charge in [-0.15, -0.1) is 0 Å². The number of para-hydroxylation sites is 1. The van der Waals surface area contributed by atoms with Gasteiger partial charge in [-0.3, -0.25) is 14.9 Å². The Morgan fingerprint density at radius 1 is 1.41 bits per heavy atom. The summed E-state index contributed by atoms with van der Waals surface area (Å²) in [5.41, 5.74) is -0.172. The fourth-order valence-corrected chi connectivity index (χ4v) is 3.31. The third-order valence-corrected chi connectivity index (χ3v) is 4.15. The maximum absolute atomic E-state index is 12.0. The molecule has 0 saturated heterocycles. The lowest BCUT2D eigenvalue weighted by atomic mass is 10.2. The molecule has 1 aromatic rings. The molecule has 1 unspecified atom stereocenters. The number of hydrogen-bond donors (Lipinski definition) is 1. The van der Waals surface area contributed by atoms with Crippen molar-refractivity contribution >= 4 is 21.7 Å². The van der Waals surface area contributed by atoms with Gasteiger partial charge >= 0.3 is 5.97 Å². The van der Waals surface area contributed by atoms with Crippen LogP contribution in [0.4, 0.5) is 5.69 Å². The molecule has 1 atom stereocenters. The van der Waals surface area contributed by atoms with Crippen LogP contribution in [0.2, 0.25) is 0 Å². The van der Waals surface area contributed by atoms with Crippen LogP contribution in [-0.2, 0) is 25.3 Å². The molecular weight excluding hydrogens is 312 g/mol. The smallest absolute Gasteiger partial charge is 0.307 e. The molecule has 0 radical (unpaired) electrons. The van der Waals surface area contributed by atoms with Gasteiger partial charge in [0.15, 0.2) is 0 Å². The standard InChI is InChI=1S/C13H18N2O6S/c1-3-21-13(16)8-10(2)14-22(19,20)9-11-6-4-5-7-12(11)15(17)18/h4-7,10,14H,3,8-9H2,1-2H3. The van der Waals surface area contributed by atoms with E-state index in [-0.39, 0.29) is 24.3 Å². The van der Waals surface area contributed by atoms with Gasteiger partial charge < -0.3 is 4.74 Å². The van der Waals surface area contributed by atoms with Crippen molar-refractivity contribution in [2.24, 2.45) is 0 Å². The minimum Gasteiger partial charge on any atom is -0.466 e. The Kier molecular flexibility index (Phi) is 6.44. The van der Waals surface area contributed by atoms with Crippen molar-refractivity contribution in [1.29, 1.82) is 0 Å². The predicted octanol–water partition coefficient (Wildman–Crippen LogP) is 1.36. The third kappa shape index (κ3) is 5.78. The molecular formula is C13H18N2O6S. The second-order valence-electron chi connectivity index (χ2n) is 4.67. The van der Waals surface area contributed by atoms with E-state index in [9.17, 15) is 23.3 Å². The van der Waals surface area contributed by atoms with Crippen LogP contribution in [-0.4, -0.2) is 32.0 Å². The molecule has 0 heterocycles. The quantitative estimate of drug-likeness (QED) is 0.437. The molecule has 1 N–H and O–H groups in total. The van der Waals surface area contributed by atoms with Gasteiger partial charge in [0.05, 0.1) is 23.7 Å². The number of nitrogens with one attached hydrogen (secondary N) is 1. The van der Waals surface area contributed by atoms with Crippen LogP contribution in [0.25, 0.3) is 0 Å². The molecule has 122 valence electrons. The lowest BCUT2D eigenvalue weighted by Gasteiger charge is -2.13. The zero-order valence-electron chi connectivity index (χ0n) is 12.3. The number of rotatable bonds is 8. The third-order valence-electron chi connectivity index (χ3n) is 2.69. The Balaban J connectivity index is 2.76. The molecule has 0 aliphatic carbocycles. The number of nitrogens with zero attached hydrogens (tertiary/aromatic N) is 1. The fraction of sp³-hybridized carbons (Fsp3) is 0.462. The van der Waals surface area contributed by atoms with Crippen molar-refractivity contribution in [3.8, 4) is 0 Å². The zero-order valence-corrected chi connectivity index (χ0v) is 13.1. The first-order valence-electron chi connectivity index (χ1n) is 6.63. The first-order valence-corrected chi connectivity index (χ1v) is 8.28. The lowest BCUT2D eigenvalue weighted by Crippen LogP contribution is -2.35. The van der Waals surface area contributed by atoms with E-state index < -0.39 is 32.7 Å². The van der Waals surface area contributed by atoms with Gasteiger partial charge in [-0.2, -0.15) is 0 Å². The molecule has 22 heavy (non-hydrogen) atoms. The Morgan fingerprint density at radius 3 is 2.64 bits per heavy atom. The highest BCUT2D eigenvalue weighted by Crippen LogP contribution is 2.19. The molecule has 0 bridgehead atoms. The van der Waals surface area contributed by atoms with Gasteiger partial charge in [0.2, 0.25) is 10.0 Å². The average molecular weight is 330 g/mol. The monoisotopic (exact) mass is 330 g/mol. The van der Waals surface area contributed by atoms with E-state index >= 15 is 0 Å². The second-order valence-corrected chi connectivity index (χ2v) is 6.43. The number of hydrogen-bond acceptors (Lipinski definition) is 6. The minimum absolute atomic E-state index is 0.0864. The van der Waals surface area contributed by atoms with Crippen molar-refractivity contribution in [1.82, 2.24) is 4.72 Å². The highest BCUT2D eigenvalue weighted by Gasteiger charge is 2.22. The first kappa shape index (κ1) is 18.1. The summed E-state index contributed by atoms with van der Waals surface area (Å²) in [6.45, 7) is 3.39. The van der Waals surface area contributed by atoms with E-state index in [1.165, 1.54) is 31.2 Å². The van der Waals surface area contributed by atoms with Crippen molar-refractivity contribution in [2.75, 3.05) is 6.61 Å². The fourth-order valence-electron chi connectivity index (χ4n) is 1.88. The van der Waals surface area contributed by atoms with E-state index in [0.29, 0.717) is 0 Å². The van der Waals surface area contributed by atoms with E-state index in [2.05, 4.69) is 4.72 Å². The van der Waals surface area contributed by atoms with Crippen LogP contribution in [0.3, 0.4) is 0 Å². The van der Waals surface area contributed by atoms with Crippen molar-refractivity contribution in [2.45, 2.75) is 32.1 Å². The molecule has 9 heteroatoms. The summed E-state index contributed by atoms with van der Waals surface area (Å²) in [7, 11) is -3.81. The Hall–Kier alpha value is -2.00. The Bertz CT molecular complexity index is 644. The number of nitro groups is 1. The van der Waals surface area contributed by atoms with Crippen LogP contribution in [0, 0.1) is 10.1 Å². The number of esters is 1. The zero-order chi connectivity index (χ0) is 16.8. The van der Waals surface area contributed by atoms with Crippen LogP contribution in [0.15, 0.2) is 24.3 Å². The van der Waals surface area contributed by atoms with Crippen molar-refractivity contribution < 1.29 is 22.9 Å². The molecule has 0 aliphatic heterocycles. The van der Waals surface area contributed by atoms with Gasteiger partial charge in [-0.25, -0.2) is 13.1 Å². The molecule has 0 aliphatic rings. The summed E-state index contributed by atoms with van der Waals surface area (Å²) in [4.78, 5) is 21.5. The van der Waals surface area contributed by atoms with Gasteiger partial charge in [0, 0.05) is 17.7 Å². The van der Waals surface area contributed by atoms with E-state index in [1.807, 2.05) is 0 Å². The number of carbonyl (C=O) groups is 1. The van der Waals surface area contributed by atoms with Crippen LogP contribution < -0.4 is 4.72 Å². The topological polar surface area (TPSA) is 116 Å². The molecule has 0 spiro atoms. The summed E-state index contributed by atoms with van der Waals surface area (Å²) >= 11 is 0. The minimum atomic E-state index is -3.81. The maximum atomic E-state index is 12.0. The number of sulfonamides is 1. The predicted molar refractivity (Wildman–Crippen MR) is 79.6 cm³/mol. The second kappa shape index (κ2) is 7.85. The average Bonchev–Trinajstić information content (AvgIpc) is 2.37. The highest BCUT2D eigenvalue weighted by molar-refractivity contribution is 7.88. The van der Waals surface area contributed by atoms with Gasteiger partial charge in [0.25, 0.3) is 5.69 Å². The van der Waals surface area contributed by atoms with E-state index in [4.69, 9.17) is 4.74 Å². The normalized spacial score (nSPS) is 12.6. The number of ether oxygens (including phenoxy) is 1. The summed E-state index contributed by atoms with van der Waals surface area (Å²) in [6, 6.07) is 4.96. The van der Waals surface area contributed by atoms with Crippen LogP contribution in [0.1, 0.15) is 25.8 Å². The molecule has 0 aromatic heterocycles. The van der Waals surface area contributed by atoms with Crippen LogP contribution >= 0.6 is 0 Å². The summed E-state index contributed by atoms with van der Waals surface area (Å²) in [6.07, 6.45) is -0.107. The van der Waals surface area contributed by atoms with E-state index in [0.717, 1.165) is 0 Å². The van der Waals surface area contributed by atoms with E-state index in [1.54, 1.807) is 6.92 Å². The molecule has 0 fully saturated rings. The molecule has 1 aromatic carbocycles. The lowest BCUT2D eigenvalue weighted by molar-refractivity contribution is -0.385. The first-order chi connectivity index (χ1) is 10.2. The Labute approximate surface area is 128 Å². The largest absolute Gasteiger partial charge is 0.466 e. The molecule has 0 saturated carbocycles. The van der Waals surface area contributed by atoms with Gasteiger partial charge in [-0.1, -0.05) is 18.2 Å². The van der Waals surface area contributed by atoms with Crippen molar-refractivity contribution in [3.05, 3.63) is 39.9 Å². The van der Waals surface area contributed by atoms with Gasteiger partial charge in [-0.05, 0) is 13.8 Å². The number of benzene rings is 1. The molecule has 8 nitrogen and oxygen atoms in total. The maximum Gasteiger partial charge on any atom is 0.307 e. The number of carbonyl (C=O) groups excluding carboxylic acids is 1. The van der Waals surface area contributed by atoms with Crippen molar-refractivity contribution in [3.63, 3.8) is 0 Å². The SMILES string of the molecule is CCOC(=O)CC(C)NS(=O)(=O)Cc1ccccc1[N+](=O)[O-]. The Morgan fingerprint density at radius 2 is 2.05 bits per heavy atom.